The summed E-state index contributed by atoms with van der Waals surface area (Å²) < 4.78 is 1.21. The van der Waals surface area contributed by atoms with Crippen molar-refractivity contribution in [3.63, 3.8) is 0 Å². The number of hydrogen-bond acceptors (Lipinski definition) is 4. The molecule has 0 aliphatic carbocycles. The van der Waals surface area contributed by atoms with Crippen LogP contribution in [0.5, 0.6) is 0 Å². The summed E-state index contributed by atoms with van der Waals surface area (Å²) >= 11 is 1.66. The van der Waals surface area contributed by atoms with Crippen LogP contribution < -0.4 is 10.9 Å². The number of nitrogens with one attached hydrogen (secondary N) is 2. The molecular weight excluding hydrogens is 396 g/mol. The predicted molar refractivity (Wildman–Crippen MR) is 121 cm³/mol. The van der Waals surface area contributed by atoms with Gasteiger partial charge in [0, 0.05) is 40.2 Å². The molecule has 2 aromatic carbocycles. The molecule has 1 amide bonds. The Balaban J connectivity index is 1.39. The summed E-state index contributed by atoms with van der Waals surface area (Å²) in [6.07, 6.45) is 4.69. The van der Waals surface area contributed by atoms with Crippen LogP contribution in [0.15, 0.2) is 76.6 Å². The summed E-state index contributed by atoms with van der Waals surface area (Å²) in [5, 5.41) is 8.41. The van der Waals surface area contributed by atoms with Crippen LogP contribution in [0, 0.1) is 0 Å². The summed E-state index contributed by atoms with van der Waals surface area (Å²) in [5.41, 5.74) is 3.50. The number of hydrogen-bond donors (Lipinski definition) is 2. The number of thioether (sulfide) groups is 1. The summed E-state index contributed by atoms with van der Waals surface area (Å²) in [7, 11) is 0. The molecule has 0 radical (unpaired) electrons. The van der Waals surface area contributed by atoms with Gasteiger partial charge in [-0.05, 0) is 42.5 Å². The minimum absolute atomic E-state index is 0.108. The van der Waals surface area contributed by atoms with Crippen molar-refractivity contribution in [1.29, 1.82) is 0 Å². The van der Waals surface area contributed by atoms with Gasteiger partial charge in [-0.1, -0.05) is 30.3 Å². The lowest BCUT2D eigenvalue weighted by Crippen LogP contribution is -2.34. The average Bonchev–Trinajstić information content (AvgIpc) is 3.18. The summed E-state index contributed by atoms with van der Waals surface area (Å²) in [4.78, 5) is 28.9. The lowest BCUT2D eigenvalue weighted by molar-refractivity contribution is -0.121. The van der Waals surface area contributed by atoms with Gasteiger partial charge in [0.25, 0.3) is 5.56 Å². The first-order valence-corrected chi connectivity index (χ1v) is 10.9. The second-order valence-corrected chi connectivity index (χ2v) is 7.78. The minimum atomic E-state index is -0.300. The molecule has 2 aromatic heterocycles. The zero-order valence-electron chi connectivity index (χ0n) is 16.6. The lowest BCUT2D eigenvalue weighted by Gasteiger charge is -2.08. The van der Waals surface area contributed by atoms with E-state index in [2.05, 4.69) is 21.5 Å². The van der Waals surface area contributed by atoms with Crippen molar-refractivity contribution in [3.8, 4) is 11.3 Å². The molecule has 0 unspecified atom stereocenters. The fourth-order valence-electron chi connectivity index (χ4n) is 3.34. The maximum atomic E-state index is 12.4. The van der Waals surface area contributed by atoms with Crippen molar-refractivity contribution < 1.29 is 4.79 Å². The molecule has 0 fully saturated rings. The fourth-order valence-corrected chi connectivity index (χ4v) is 3.75. The standard InChI is InChI=1S/C23H22N4O2S/c1-30-18-8-6-16(7-9-18)20-10-11-23(29)27(26-20)15-22(28)24-13-12-17-14-25-21-5-3-2-4-19(17)21/h2-11,14,25H,12-13,15H2,1H3,(H,24,28). The zero-order chi connectivity index (χ0) is 20.9. The van der Waals surface area contributed by atoms with Gasteiger partial charge >= 0.3 is 0 Å². The molecule has 2 N–H and O–H groups in total. The van der Waals surface area contributed by atoms with Crippen molar-refractivity contribution in [2.75, 3.05) is 12.8 Å². The number of rotatable bonds is 7. The molecule has 0 saturated heterocycles. The number of carbonyl (C=O) groups excluding carboxylic acids is 1. The Bertz CT molecular complexity index is 1230. The van der Waals surface area contributed by atoms with E-state index in [1.165, 1.54) is 10.7 Å². The van der Waals surface area contributed by atoms with Gasteiger partial charge in [0.05, 0.1) is 5.69 Å². The smallest absolute Gasteiger partial charge is 0.267 e. The molecule has 7 heteroatoms. The number of aromatic nitrogens is 3. The van der Waals surface area contributed by atoms with Crippen molar-refractivity contribution >= 4 is 28.6 Å². The quantitative estimate of drug-likeness (QED) is 0.451. The highest BCUT2D eigenvalue weighted by Crippen LogP contribution is 2.21. The van der Waals surface area contributed by atoms with E-state index in [-0.39, 0.29) is 18.0 Å². The number of aromatic amines is 1. The molecule has 0 bridgehead atoms. The normalized spacial score (nSPS) is 11.0. The van der Waals surface area contributed by atoms with Crippen molar-refractivity contribution in [1.82, 2.24) is 20.1 Å². The number of carbonyl (C=O) groups is 1. The largest absolute Gasteiger partial charge is 0.361 e. The average molecular weight is 419 g/mol. The predicted octanol–water partition coefficient (Wildman–Crippen LogP) is 3.47. The van der Waals surface area contributed by atoms with Gasteiger partial charge in [-0.3, -0.25) is 9.59 Å². The second-order valence-electron chi connectivity index (χ2n) is 6.90. The highest BCUT2D eigenvalue weighted by Gasteiger charge is 2.09. The van der Waals surface area contributed by atoms with Crippen molar-refractivity contribution in [2.45, 2.75) is 17.9 Å². The molecule has 4 aromatic rings. The molecule has 0 aliphatic rings. The minimum Gasteiger partial charge on any atom is -0.361 e. The molecule has 0 spiro atoms. The number of benzene rings is 2. The summed E-state index contributed by atoms with van der Waals surface area (Å²) in [6, 6.07) is 19.1. The van der Waals surface area contributed by atoms with Crippen LogP contribution >= 0.6 is 11.8 Å². The van der Waals surface area contributed by atoms with Crippen molar-refractivity contribution in [2.24, 2.45) is 0 Å². The summed E-state index contributed by atoms with van der Waals surface area (Å²) in [5.74, 6) is -0.237. The van der Waals surface area contributed by atoms with Crippen LogP contribution in [0.2, 0.25) is 0 Å². The van der Waals surface area contributed by atoms with E-state index in [1.807, 2.05) is 54.9 Å². The topological polar surface area (TPSA) is 79.8 Å². The first kappa shape index (κ1) is 20.0. The SMILES string of the molecule is CSc1ccc(-c2ccc(=O)n(CC(=O)NCCc3c[nH]c4ccccc34)n2)cc1. The molecule has 0 saturated carbocycles. The maximum Gasteiger partial charge on any atom is 0.267 e. The number of nitrogens with zero attached hydrogens (tertiary/aromatic N) is 2. The molecule has 2 heterocycles. The highest BCUT2D eigenvalue weighted by atomic mass is 32.2. The van der Waals surface area contributed by atoms with Gasteiger partial charge in [0.15, 0.2) is 0 Å². The molecule has 4 rings (SSSR count). The maximum absolute atomic E-state index is 12.4. The third kappa shape index (κ3) is 4.46. The molecule has 152 valence electrons. The Morgan fingerprint density at radius 1 is 1.10 bits per heavy atom. The third-order valence-corrected chi connectivity index (χ3v) is 5.68. The molecular formula is C23H22N4O2S. The third-order valence-electron chi connectivity index (χ3n) is 4.94. The first-order chi connectivity index (χ1) is 14.6. The van der Waals surface area contributed by atoms with E-state index in [4.69, 9.17) is 0 Å². The van der Waals surface area contributed by atoms with Crippen LogP contribution in [0.3, 0.4) is 0 Å². The van der Waals surface area contributed by atoms with Crippen LogP contribution in [-0.2, 0) is 17.8 Å². The molecule has 0 atom stereocenters. The monoisotopic (exact) mass is 418 g/mol. The van der Waals surface area contributed by atoms with E-state index < -0.39 is 0 Å². The van der Waals surface area contributed by atoms with Gasteiger partial charge in [0.2, 0.25) is 5.91 Å². The van der Waals surface area contributed by atoms with E-state index in [0.717, 1.165) is 26.9 Å². The van der Waals surface area contributed by atoms with E-state index in [0.29, 0.717) is 18.7 Å². The molecule has 30 heavy (non-hydrogen) atoms. The first-order valence-electron chi connectivity index (χ1n) is 9.68. The van der Waals surface area contributed by atoms with Gasteiger partial charge in [-0.25, -0.2) is 4.68 Å². The van der Waals surface area contributed by atoms with Crippen LogP contribution in [-0.4, -0.2) is 33.5 Å². The van der Waals surface area contributed by atoms with Gasteiger partial charge < -0.3 is 10.3 Å². The van der Waals surface area contributed by atoms with Gasteiger partial charge in [0.1, 0.15) is 6.54 Å². The molecule has 0 aliphatic heterocycles. The Labute approximate surface area is 178 Å². The second kappa shape index (κ2) is 9.00. The van der Waals surface area contributed by atoms with Crippen LogP contribution in [0.4, 0.5) is 0 Å². The Morgan fingerprint density at radius 2 is 1.90 bits per heavy atom. The number of amides is 1. The van der Waals surface area contributed by atoms with Crippen LogP contribution in [0.1, 0.15) is 5.56 Å². The van der Waals surface area contributed by atoms with Crippen LogP contribution in [0.25, 0.3) is 22.2 Å². The number of para-hydroxylation sites is 1. The summed E-state index contributed by atoms with van der Waals surface area (Å²) in [6.45, 7) is 0.384. The Hall–Kier alpha value is -3.32. The Morgan fingerprint density at radius 3 is 2.70 bits per heavy atom. The van der Waals surface area contributed by atoms with E-state index >= 15 is 0 Å². The van der Waals surface area contributed by atoms with Gasteiger partial charge in [-0.2, -0.15) is 5.10 Å². The lowest BCUT2D eigenvalue weighted by atomic mass is 10.1. The zero-order valence-corrected chi connectivity index (χ0v) is 17.4. The number of fused-ring (bicyclic) bond motifs is 1. The van der Waals surface area contributed by atoms with Gasteiger partial charge in [-0.15, -0.1) is 11.8 Å². The van der Waals surface area contributed by atoms with E-state index in [9.17, 15) is 9.59 Å². The number of H-pyrrole nitrogens is 1. The molecule has 6 nitrogen and oxygen atoms in total. The fraction of sp³-hybridized carbons (Fsp3) is 0.174. The van der Waals surface area contributed by atoms with E-state index in [1.54, 1.807) is 17.8 Å². The van der Waals surface area contributed by atoms with Crippen molar-refractivity contribution in [3.05, 3.63) is 82.8 Å². The highest BCUT2D eigenvalue weighted by molar-refractivity contribution is 7.98. The Kier molecular flexibility index (Phi) is 5.99.